The van der Waals surface area contributed by atoms with E-state index in [4.69, 9.17) is 16.3 Å². The van der Waals surface area contributed by atoms with E-state index in [0.29, 0.717) is 18.3 Å². The first-order chi connectivity index (χ1) is 13.8. The van der Waals surface area contributed by atoms with Crippen LogP contribution in [0.3, 0.4) is 0 Å². The van der Waals surface area contributed by atoms with Gasteiger partial charge in [0.2, 0.25) is 0 Å². The molecule has 3 rings (SSSR count). The highest BCUT2D eigenvalue weighted by Crippen LogP contribution is 2.32. The largest absolute Gasteiger partial charge is 0.396 e. The number of aliphatic hydroxyl groups is 1. The van der Waals surface area contributed by atoms with Crippen molar-refractivity contribution in [3.8, 4) is 11.3 Å². The van der Waals surface area contributed by atoms with Gasteiger partial charge in [0, 0.05) is 38.4 Å². The fraction of sp³-hybridized carbons (Fsp3) is 0.476. The lowest BCUT2D eigenvalue weighted by molar-refractivity contribution is 0.0909. The van der Waals surface area contributed by atoms with E-state index in [1.807, 2.05) is 13.0 Å². The molecule has 3 aromatic heterocycles. The number of hydrogen-bond donors (Lipinski definition) is 1. The zero-order chi connectivity index (χ0) is 21.0. The Hall–Kier alpha value is -1.80. The first-order valence-electron chi connectivity index (χ1n) is 9.94. The van der Waals surface area contributed by atoms with Gasteiger partial charge in [-0.2, -0.15) is 0 Å². The van der Waals surface area contributed by atoms with E-state index in [-0.39, 0.29) is 6.61 Å². The van der Waals surface area contributed by atoms with Crippen LogP contribution < -0.4 is 0 Å². The highest BCUT2D eigenvalue weighted by molar-refractivity contribution is 6.76. The molecule has 0 saturated carbocycles. The summed E-state index contributed by atoms with van der Waals surface area (Å²) in [5.74, 6) is 0. The van der Waals surface area contributed by atoms with Gasteiger partial charge < -0.3 is 14.4 Å². The van der Waals surface area contributed by atoms with Crippen molar-refractivity contribution >= 4 is 30.7 Å². The van der Waals surface area contributed by atoms with Crippen LogP contribution in [-0.2, 0) is 17.9 Å². The fourth-order valence-electron chi connectivity index (χ4n) is 3.25. The molecule has 0 aliphatic rings. The first kappa shape index (κ1) is 21.9. The number of ether oxygens (including phenoxy) is 1. The summed E-state index contributed by atoms with van der Waals surface area (Å²) in [6.07, 6.45) is 4.77. The maximum absolute atomic E-state index is 9.28. The monoisotopic (exact) mass is 432 g/mol. The molecule has 1 N–H and O–H groups in total. The quantitative estimate of drug-likeness (QED) is 0.301. The third-order valence-corrected chi connectivity index (χ3v) is 6.85. The summed E-state index contributed by atoms with van der Waals surface area (Å²) < 4.78 is 8.14. The zero-order valence-electron chi connectivity index (χ0n) is 17.6. The summed E-state index contributed by atoms with van der Waals surface area (Å²) in [6.45, 7) is 10.3. The topological polar surface area (TPSA) is 73.1 Å². The molecule has 8 heteroatoms. The number of rotatable bonds is 9. The number of fused-ring (bicyclic) bond motifs is 1. The van der Waals surface area contributed by atoms with Crippen molar-refractivity contribution in [2.45, 2.75) is 52.2 Å². The lowest BCUT2D eigenvalue weighted by Gasteiger charge is -2.17. The van der Waals surface area contributed by atoms with E-state index in [2.05, 4.69) is 45.2 Å². The molecule has 156 valence electrons. The Labute approximate surface area is 177 Å². The highest BCUT2D eigenvalue weighted by atomic mass is 35.5. The first-order valence-corrected chi connectivity index (χ1v) is 14.0. The number of halogens is 1. The Morgan fingerprint density at radius 3 is 2.69 bits per heavy atom. The summed E-state index contributed by atoms with van der Waals surface area (Å²) in [6, 6.07) is 5.08. The number of aliphatic hydroxyl groups excluding tert-OH is 1. The van der Waals surface area contributed by atoms with Gasteiger partial charge in [-0.05, 0) is 43.5 Å². The highest BCUT2D eigenvalue weighted by Gasteiger charge is 2.18. The fourth-order valence-corrected chi connectivity index (χ4v) is 4.18. The van der Waals surface area contributed by atoms with Crippen LogP contribution in [0.1, 0.15) is 17.7 Å². The van der Waals surface area contributed by atoms with Gasteiger partial charge in [-0.3, -0.25) is 0 Å². The van der Waals surface area contributed by atoms with E-state index in [1.165, 1.54) is 0 Å². The normalized spacial score (nSPS) is 12.1. The molecular weight excluding hydrogens is 404 g/mol. The summed E-state index contributed by atoms with van der Waals surface area (Å²) >= 11 is 6.15. The Bertz CT molecular complexity index is 985. The van der Waals surface area contributed by atoms with Crippen molar-refractivity contribution in [3.05, 3.63) is 41.1 Å². The molecule has 0 saturated heterocycles. The minimum Gasteiger partial charge on any atom is -0.396 e. The Kier molecular flexibility index (Phi) is 7.05. The zero-order valence-corrected chi connectivity index (χ0v) is 19.3. The second kappa shape index (κ2) is 9.34. The third-order valence-electron chi connectivity index (χ3n) is 4.94. The van der Waals surface area contributed by atoms with Crippen LogP contribution in [0, 0.1) is 6.92 Å². The standard InChI is InChI=1S/C21H29ClN4O2Si/c1-15-17-11-19(18-12-23-20(22)10-16(18)6-5-7-27)26(21(17)25-13-24-15)14-28-8-9-29(2,3)4/h10-13,27H,5-9,14H2,1-4H3. The Morgan fingerprint density at radius 2 is 1.97 bits per heavy atom. The third kappa shape index (κ3) is 5.42. The maximum Gasteiger partial charge on any atom is 0.145 e. The lowest BCUT2D eigenvalue weighted by atomic mass is 10.0. The van der Waals surface area contributed by atoms with Gasteiger partial charge in [0.1, 0.15) is 23.9 Å². The van der Waals surface area contributed by atoms with Crippen molar-refractivity contribution in [2.24, 2.45) is 0 Å². The van der Waals surface area contributed by atoms with E-state index >= 15 is 0 Å². The number of hydrogen-bond acceptors (Lipinski definition) is 5. The second-order valence-corrected chi connectivity index (χ2v) is 14.5. The lowest BCUT2D eigenvalue weighted by Crippen LogP contribution is -2.22. The van der Waals surface area contributed by atoms with Crippen LogP contribution in [0.2, 0.25) is 30.8 Å². The summed E-state index contributed by atoms with van der Waals surface area (Å²) in [7, 11) is -1.16. The van der Waals surface area contributed by atoms with Crippen molar-refractivity contribution in [1.82, 2.24) is 19.5 Å². The maximum atomic E-state index is 9.28. The van der Waals surface area contributed by atoms with Crippen LogP contribution >= 0.6 is 11.6 Å². The predicted octanol–water partition coefficient (Wildman–Crippen LogP) is 4.69. The molecule has 3 heterocycles. The van der Waals surface area contributed by atoms with Gasteiger partial charge in [-0.1, -0.05) is 31.2 Å². The van der Waals surface area contributed by atoms with Gasteiger partial charge >= 0.3 is 0 Å². The minimum absolute atomic E-state index is 0.132. The van der Waals surface area contributed by atoms with E-state index in [9.17, 15) is 5.11 Å². The van der Waals surface area contributed by atoms with Crippen molar-refractivity contribution < 1.29 is 9.84 Å². The molecule has 29 heavy (non-hydrogen) atoms. The predicted molar refractivity (Wildman–Crippen MR) is 120 cm³/mol. The van der Waals surface area contributed by atoms with Crippen LogP contribution in [0.25, 0.3) is 22.3 Å². The number of pyridine rings is 1. The van der Waals surface area contributed by atoms with Crippen LogP contribution in [-0.4, -0.2) is 45.9 Å². The molecule has 3 aromatic rings. The van der Waals surface area contributed by atoms with Gasteiger partial charge in [0.25, 0.3) is 0 Å². The molecule has 6 nitrogen and oxygen atoms in total. The molecule has 0 fully saturated rings. The van der Waals surface area contributed by atoms with E-state index in [0.717, 1.165) is 52.6 Å². The van der Waals surface area contributed by atoms with Gasteiger partial charge in [0.15, 0.2) is 0 Å². The van der Waals surface area contributed by atoms with Crippen LogP contribution in [0.15, 0.2) is 24.7 Å². The molecule has 0 atom stereocenters. The van der Waals surface area contributed by atoms with E-state index in [1.54, 1.807) is 12.5 Å². The number of aryl methyl sites for hydroxylation is 2. The summed E-state index contributed by atoms with van der Waals surface area (Å²) in [4.78, 5) is 13.2. The molecule has 0 aromatic carbocycles. The molecule has 0 aliphatic heterocycles. The summed E-state index contributed by atoms with van der Waals surface area (Å²) in [5.41, 5.74) is 4.79. The molecule has 0 amide bonds. The second-order valence-electron chi connectivity index (χ2n) is 8.49. The Balaban J connectivity index is 2.02. The summed E-state index contributed by atoms with van der Waals surface area (Å²) in [5, 5.41) is 10.7. The molecular formula is C21H29ClN4O2Si. The van der Waals surface area contributed by atoms with Crippen LogP contribution in [0.4, 0.5) is 0 Å². The molecule has 0 aliphatic carbocycles. The molecule has 0 spiro atoms. The van der Waals surface area contributed by atoms with Crippen molar-refractivity contribution in [2.75, 3.05) is 13.2 Å². The van der Waals surface area contributed by atoms with Crippen molar-refractivity contribution in [1.29, 1.82) is 0 Å². The van der Waals surface area contributed by atoms with E-state index < -0.39 is 8.07 Å². The SMILES string of the molecule is Cc1ncnc2c1cc(-c1cnc(Cl)cc1CCCO)n2COCC[Si](C)(C)C. The average molecular weight is 433 g/mol. The van der Waals surface area contributed by atoms with Gasteiger partial charge in [-0.25, -0.2) is 15.0 Å². The van der Waals surface area contributed by atoms with Gasteiger partial charge in [-0.15, -0.1) is 0 Å². The van der Waals surface area contributed by atoms with Crippen molar-refractivity contribution in [3.63, 3.8) is 0 Å². The Morgan fingerprint density at radius 1 is 1.17 bits per heavy atom. The smallest absolute Gasteiger partial charge is 0.145 e. The van der Waals surface area contributed by atoms with Crippen LogP contribution in [0.5, 0.6) is 0 Å². The molecule has 0 radical (unpaired) electrons. The number of aromatic nitrogens is 4. The van der Waals surface area contributed by atoms with Gasteiger partial charge in [0.05, 0.1) is 11.4 Å². The average Bonchev–Trinajstić information content (AvgIpc) is 3.02. The molecule has 0 bridgehead atoms. The minimum atomic E-state index is -1.16. The number of nitrogens with zero attached hydrogens (tertiary/aromatic N) is 4. The molecule has 0 unspecified atom stereocenters.